The third kappa shape index (κ3) is 6.26. The molecule has 1 aromatic rings. The standard InChI is InChI=1S/C16H24N2O/c1-16(2,13-17)9-4-5-10-19-15-8-6-7-14(11-15)12-18-3/h6-8,11,18H,4-5,9-10,12H2,1-3H3. The van der Waals surface area contributed by atoms with Crippen LogP contribution in [0.25, 0.3) is 0 Å². The third-order valence-corrected chi connectivity index (χ3v) is 3.05. The summed E-state index contributed by atoms with van der Waals surface area (Å²) in [4.78, 5) is 0. The predicted octanol–water partition coefficient (Wildman–Crippen LogP) is 3.50. The molecule has 0 spiro atoms. The molecular weight excluding hydrogens is 236 g/mol. The Morgan fingerprint density at radius 3 is 2.79 bits per heavy atom. The van der Waals surface area contributed by atoms with Crippen molar-refractivity contribution in [2.45, 2.75) is 39.7 Å². The summed E-state index contributed by atoms with van der Waals surface area (Å²) in [7, 11) is 1.93. The Morgan fingerprint density at radius 2 is 2.11 bits per heavy atom. The average molecular weight is 260 g/mol. The molecule has 104 valence electrons. The van der Waals surface area contributed by atoms with Crippen LogP contribution in [-0.4, -0.2) is 13.7 Å². The van der Waals surface area contributed by atoms with E-state index in [0.29, 0.717) is 6.61 Å². The minimum atomic E-state index is -0.216. The van der Waals surface area contributed by atoms with Crippen LogP contribution >= 0.6 is 0 Å². The number of nitrogens with zero attached hydrogens (tertiary/aromatic N) is 1. The highest BCUT2D eigenvalue weighted by atomic mass is 16.5. The van der Waals surface area contributed by atoms with E-state index in [1.165, 1.54) is 5.56 Å². The van der Waals surface area contributed by atoms with Crippen LogP contribution < -0.4 is 10.1 Å². The molecule has 0 aromatic heterocycles. The van der Waals surface area contributed by atoms with Crippen molar-refractivity contribution in [3.8, 4) is 11.8 Å². The number of unbranched alkanes of at least 4 members (excludes halogenated alkanes) is 1. The molecule has 1 aromatic carbocycles. The molecule has 0 atom stereocenters. The van der Waals surface area contributed by atoms with Gasteiger partial charge in [0.15, 0.2) is 0 Å². The molecule has 3 heteroatoms. The highest BCUT2D eigenvalue weighted by molar-refractivity contribution is 5.28. The first-order valence-corrected chi connectivity index (χ1v) is 6.85. The fourth-order valence-corrected chi connectivity index (χ4v) is 1.86. The molecule has 0 amide bonds. The van der Waals surface area contributed by atoms with Crippen molar-refractivity contribution in [3.63, 3.8) is 0 Å². The zero-order valence-electron chi connectivity index (χ0n) is 12.2. The molecule has 0 aliphatic carbocycles. The lowest BCUT2D eigenvalue weighted by molar-refractivity contribution is 0.294. The summed E-state index contributed by atoms with van der Waals surface area (Å²) >= 11 is 0. The maximum atomic E-state index is 8.92. The zero-order chi connectivity index (χ0) is 14.1. The first-order valence-electron chi connectivity index (χ1n) is 6.85. The van der Waals surface area contributed by atoms with Crippen LogP contribution in [0.15, 0.2) is 24.3 Å². The van der Waals surface area contributed by atoms with Gasteiger partial charge in [0.25, 0.3) is 0 Å². The summed E-state index contributed by atoms with van der Waals surface area (Å²) < 4.78 is 5.73. The fourth-order valence-electron chi connectivity index (χ4n) is 1.86. The van der Waals surface area contributed by atoms with Crippen LogP contribution in [0.3, 0.4) is 0 Å². The van der Waals surface area contributed by atoms with Crippen molar-refractivity contribution in [1.82, 2.24) is 5.32 Å². The molecule has 0 aliphatic rings. The summed E-state index contributed by atoms with van der Waals surface area (Å²) in [6.45, 7) is 5.53. The van der Waals surface area contributed by atoms with Crippen molar-refractivity contribution in [2.24, 2.45) is 5.41 Å². The summed E-state index contributed by atoms with van der Waals surface area (Å²) in [6, 6.07) is 10.5. The maximum absolute atomic E-state index is 8.92. The normalized spacial score (nSPS) is 11.1. The number of benzene rings is 1. The van der Waals surface area contributed by atoms with Crippen molar-refractivity contribution in [2.75, 3.05) is 13.7 Å². The van der Waals surface area contributed by atoms with Gasteiger partial charge in [-0.2, -0.15) is 5.26 Å². The Bertz CT molecular complexity index is 421. The highest BCUT2D eigenvalue weighted by Gasteiger charge is 2.15. The second kappa shape index (κ2) is 7.81. The molecule has 1 N–H and O–H groups in total. The Hall–Kier alpha value is -1.53. The van der Waals surface area contributed by atoms with Gasteiger partial charge < -0.3 is 10.1 Å². The summed E-state index contributed by atoms with van der Waals surface area (Å²) in [6.07, 6.45) is 2.94. The highest BCUT2D eigenvalue weighted by Crippen LogP contribution is 2.21. The topological polar surface area (TPSA) is 45.0 Å². The summed E-state index contributed by atoms with van der Waals surface area (Å²) in [5.74, 6) is 0.923. The van der Waals surface area contributed by atoms with E-state index in [1.807, 2.05) is 33.0 Å². The number of ether oxygens (including phenoxy) is 1. The molecule has 0 heterocycles. The molecule has 1 rings (SSSR count). The van der Waals surface area contributed by atoms with Gasteiger partial charge in [-0.3, -0.25) is 0 Å². The van der Waals surface area contributed by atoms with E-state index in [9.17, 15) is 0 Å². The minimum absolute atomic E-state index is 0.216. The third-order valence-electron chi connectivity index (χ3n) is 3.05. The molecule has 0 unspecified atom stereocenters. The Labute approximate surface area is 116 Å². The van der Waals surface area contributed by atoms with Crippen molar-refractivity contribution in [3.05, 3.63) is 29.8 Å². The molecule has 19 heavy (non-hydrogen) atoms. The lowest BCUT2D eigenvalue weighted by Gasteiger charge is -2.14. The number of nitrogens with one attached hydrogen (secondary N) is 1. The van der Waals surface area contributed by atoms with E-state index in [0.717, 1.165) is 31.6 Å². The number of hydrogen-bond acceptors (Lipinski definition) is 3. The van der Waals surface area contributed by atoms with E-state index in [-0.39, 0.29) is 5.41 Å². The van der Waals surface area contributed by atoms with Crippen LogP contribution in [0.2, 0.25) is 0 Å². The minimum Gasteiger partial charge on any atom is -0.494 e. The van der Waals surface area contributed by atoms with Gasteiger partial charge in [-0.15, -0.1) is 0 Å². The smallest absolute Gasteiger partial charge is 0.119 e. The van der Waals surface area contributed by atoms with Crippen LogP contribution in [0.1, 0.15) is 38.7 Å². The molecule has 0 saturated heterocycles. The number of rotatable bonds is 8. The second-order valence-corrected chi connectivity index (χ2v) is 5.48. The van der Waals surface area contributed by atoms with Crippen molar-refractivity contribution < 1.29 is 4.74 Å². The molecule has 0 radical (unpaired) electrons. The Morgan fingerprint density at radius 1 is 1.32 bits per heavy atom. The van der Waals surface area contributed by atoms with E-state index in [4.69, 9.17) is 10.00 Å². The molecule has 3 nitrogen and oxygen atoms in total. The van der Waals surface area contributed by atoms with Gasteiger partial charge >= 0.3 is 0 Å². The average Bonchev–Trinajstić information content (AvgIpc) is 2.39. The largest absolute Gasteiger partial charge is 0.494 e. The lowest BCUT2D eigenvalue weighted by atomic mass is 9.89. The van der Waals surface area contributed by atoms with Gasteiger partial charge in [0.2, 0.25) is 0 Å². The van der Waals surface area contributed by atoms with Crippen LogP contribution in [-0.2, 0) is 6.54 Å². The predicted molar refractivity (Wildman–Crippen MR) is 77.9 cm³/mol. The quantitative estimate of drug-likeness (QED) is 0.728. The van der Waals surface area contributed by atoms with E-state index >= 15 is 0 Å². The molecular formula is C16H24N2O. The lowest BCUT2D eigenvalue weighted by Crippen LogP contribution is -2.08. The van der Waals surface area contributed by atoms with Crippen LogP contribution in [0.5, 0.6) is 5.75 Å². The monoisotopic (exact) mass is 260 g/mol. The molecule has 0 saturated carbocycles. The van der Waals surface area contributed by atoms with E-state index < -0.39 is 0 Å². The van der Waals surface area contributed by atoms with Gasteiger partial charge in [0, 0.05) is 6.54 Å². The van der Waals surface area contributed by atoms with Crippen molar-refractivity contribution >= 4 is 0 Å². The first-order chi connectivity index (χ1) is 9.07. The molecule has 0 bridgehead atoms. The molecule has 0 fully saturated rings. The SMILES string of the molecule is CNCc1cccc(OCCCCC(C)(C)C#N)c1. The summed E-state index contributed by atoms with van der Waals surface area (Å²) in [5.41, 5.74) is 1.01. The van der Waals surface area contributed by atoms with Gasteiger partial charge in [0.05, 0.1) is 18.1 Å². The van der Waals surface area contributed by atoms with Gasteiger partial charge in [-0.25, -0.2) is 0 Å². The fraction of sp³-hybridized carbons (Fsp3) is 0.562. The molecule has 0 aliphatic heterocycles. The van der Waals surface area contributed by atoms with Crippen LogP contribution in [0, 0.1) is 16.7 Å². The van der Waals surface area contributed by atoms with E-state index in [1.54, 1.807) is 0 Å². The van der Waals surface area contributed by atoms with Gasteiger partial charge in [-0.05, 0) is 57.9 Å². The number of hydrogen-bond donors (Lipinski definition) is 1. The maximum Gasteiger partial charge on any atom is 0.119 e. The number of nitriles is 1. The van der Waals surface area contributed by atoms with Crippen LogP contribution in [0.4, 0.5) is 0 Å². The zero-order valence-corrected chi connectivity index (χ0v) is 12.2. The van der Waals surface area contributed by atoms with Gasteiger partial charge in [-0.1, -0.05) is 12.1 Å². The Kier molecular flexibility index (Phi) is 6.38. The summed E-state index contributed by atoms with van der Waals surface area (Å²) in [5, 5.41) is 12.0. The first kappa shape index (κ1) is 15.5. The van der Waals surface area contributed by atoms with Crippen molar-refractivity contribution in [1.29, 1.82) is 5.26 Å². The second-order valence-electron chi connectivity index (χ2n) is 5.48. The van der Waals surface area contributed by atoms with E-state index in [2.05, 4.69) is 23.5 Å². The Balaban J connectivity index is 2.26. The van der Waals surface area contributed by atoms with Gasteiger partial charge in [0.1, 0.15) is 5.75 Å².